The number of ether oxygens (including phenoxy) is 3. The van der Waals surface area contributed by atoms with Crippen molar-refractivity contribution in [2.45, 2.75) is 386 Å². The molecule has 0 aliphatic heterocycles. The fraction of sp³-hybridized carbons (Fsp3) is 0.805. The minimum Gasteiger partial charge on any atom is -0.462 e. The zero-order valence-electron chi connectivity index (χ0n) is 55.5. The van der Waals surface area contributed by atoms with Crippen molar-refractivity contribution >= 4 is 17.9 Å². The average Bonchev–Trinajstić information content (AvgIpc) is 3.49. The third kappa shape index (κ3) is 69.5. The third-order valence-electron chi connectivity index (χ3n) is 16.2. The van der Waals surface area contributed by atoms with Crippen molar-refractivity contribution in [1.82, 2.24) is 0 Å². The van der Waals surface area contributed by atoms with Crippen molar-refractivity contribution in [3.63, 3.8) is 0 Å². The van der Waals surface area contributed by atoms with Gasteiger partial charge in [0.25, 0.3) is 0 Å². The smallest absolute Gasteiger partial charge is 0.306 e. The molecule has 482 valence electrons. The first-order chi connectivity index (χ1) is 41.0. The molecule has 1 unspecified atom stereocenters. The van der Waals surface area contributed by atoms with Crippen LogP contribution in [0, 0.1) is 0 Å². The van der Waals surface area contributed by atoms with Gasteiger partial charge in [0, 0.05) is 19.3 Å². The highest BCUT2D eigenvalue weighted by Crippen LogP contribution is 2.18. The Morgan fingerprint density at radius 1 is 0.253 bits per heavy atom. The molecular weight excluding hydrogens is 1020 g/mol. The Kier molecular flexibility index (Phi) is 68.6. The number of esters is 3. The van der Waals surface area contributed by atoms with E-state index in [4.69, 9.17) is 14.2 Å². The van der Waals surface area contributed by atoms with Gasteiger partial charge in [-0.3, -0.25) is 14.4 Å². The molecule has 0 saturated heterocycles. The Balaban J connectivity index is 4.32. The lowest BCUT2D eigenvalue weighted by Crippen LogP contribution is -2.30. The molecule has 0 rings (SSSR count). The summed E-state index contributed by atoms with van der Waals surface area (Å²) in [6.07, 6.45) is 93.6. The zero-order chi connectivity index (χ0) is 59.9. The first kappa shape index (κ1) is 79.8. The van der Waals surface area contributed by atoms with Gasteiger partial charge in [-0.05, 0) is 89.9 Å². The molecule has 0 amide bonds. The van der Waals surface area contributed by atoms with Crippen molar-refractivity contribution in [1.29, 1.82) is 0 Å². The fourth-order valence-corrected chi connectivity index (χ4v) is 10.8. The molecule has 0 saturated carbocycles. The summed E-state index contributed by atoms with van der Waals surface area (Å²) >= 11 is 0. The van der Waals surface area contributed by atoms with Crippen LogP contribution in [0.3, 0.4) is 0 Å². The molecule has 0 heterocycles. The summed E-state index contributed by atoms with van der Waals surface area (Å²) in [6.45, 7) is 6.56. The van der Waals surface area contributed by atoms with Gasteiger partial charge in [0.1, 0.15) is 13.2 Å². The monoisotopic (exact) mass is 1160 g/mol. The summed E-state index contributed by atoms with van der Waals surface area (Å²) in [4.78, 5) is 38.5. The zero-order valence-corrected chi connectivity index (χ0v) is 55.5. The highest BCUT2D eigenvalue weighted by molar-refractivity contribution is 5.71. The molecule has 0 fully saturated rings. The van der Waals surface area contributed by atoms with Gasteiger partial charge in [0.05, 0.1) is 0 Å². The quantitative estimate of drug-likeness (QED) is 0.0261. The van der Waals surface area contributed by atoms with E-state index in [1.165, 1.54) is 238 Å². The number of carbonyl (C=O) groups excluding carboxylic acids is 3. The Hall–Kier alpha value is -3.15. The lowest BCUT2D eigenvalue weighted by atomic mass is 10.0. The number of carbonyl (C=O) groups is 3. The number of allylic oxidation sites excluding steroid dienone is 12. The van der Waals surface area contributed by atoms with E-state index in [0.29, 0.717) is 19.3 Å². The van der Waals surface area contributed by atoms with Crippen molar-refractivity contribution < 1.29 is 28.6 Å². The Bertz CT molecular complexity index is 1520. The van der Waals surface area contributed by atoms with Crippen LogP contribution in [0.25, 0.3) is 0 Å². The Morgan fingerprint density at radius 3 is 0.735 bits per heavy atom. The lowest BCUT2D eigenvalue weighted by molar-refractivity contribution is -0.167. The molecule has 6 heteroatoms. The highest BCUT2D eigenvalue weighted by atomic mass is 16.6. The van der Waals surface area contributed by atoms with Gasteiger partial charge in [0.2, 0.25) is 0 Å². The van der Waals surface area contributed by atoms with E-state index in [1.807, 2.05) is 0 Å². The van der Waals surface area contributed by atoms with Gasteiger partial charge in [-0.1, -0.05) is 344 Å². The standard InChI is InChI=1S/C77H138O6/c1-4-7-10-13-16-19-22-25-28-31-33-35-37-38-40-41-43-46-49-52-55-58-61-64-67-70-76(79)82-73-74(72-81-75(78)69-66-63-60-57-54-51-48-45-30-27-24-21-18-15-12-9-6-3)83-77(80)71-68-65-62-59-56-53-50-47-44-42-39-36-34-32-29-26-23-20-17-14-11-8-5-2/h9,12,18,21,23,26-27,30,32,34,48,51,74H,4-8,10-11,13-17,19-20,22,24-25,28-29,31,33,35-47,49-50,52-73H2,1-3H3/b12-9-,21-18-,26-23-,30-27-,34-32-,51-48-. The second kappa shape index (κ2) is 71.3. The third-order valence-corrected chi connectivity index (χ3v) is 16.2. The van der Waals surface area contributed by atoms with E-state index >= 15 is 0 Å². The largest absolute Gasteiger partial charge is 0.462 e. The minimum absolute atomic E-state index is 0.0805. The van der Waals surface area contributed by atoms with Crippen LogP contribution < -0.4 is 0 Å². The Labute approximate surface area is 516 Å². The molecule has 0 aliphatic carbocycles. The normalized spacial score (nSPS) is 12.5. The van der Waals surface area contributed by atoms with Gasteiger partial charge in [-0.15, -0.1) is 0 Å². The second-order valence-electron chi connectivity index (χ2n) is 24.5. The molecule has 0 bridgehead atoms. The minimum atomic E-state index is -0.788. The maximum Gasteiger partial charge on any atom is 0.306 e. The van der Waals surface area contributed by atoms with Gasteiger partial charge in [-0.25, -0.2) is 0 Å². The van der Waals surface area contributed by atoms with Crippen molar-refractivity contribution in [3.8, 4) is 0 Å². The van der Waals surface area contributed by atoms with Crippen LogP contribution in [0.2, 0.25) is 0 Å². The van der Waals surface area contributed by atoms with Crippen molar-refractivity contribution in [2.75, 3.05) is 13.2 Å². The summed E-state index contributed by atoms with van der Waals surface area (Å²) in [7, 11) is 0. The van der Waals surface area contributed by atoms with Crippen LogP contribution in [-0.2, 0) is 28.6 Å². The maximum absolute atomic E-state index is 13.0. The van der Waals surface area contributed by atoms with E-state index in [9.17, 15) is 14.4 Å². The van der Waals surface area contributed by atoms with E-state index in [1.54, 1.807) is 0 Å². The predicted octanol–water partition coefficient (Wildman–Crippen LogP) is 25.2. The molecule has 0 aromatic rings. The summed E-state index contributed by atoms with van der Waals surface area (Å²) in [5, 5.41) is 0. The van der Waals surface area contributed by atoms with E-state index in [0.717, 1.165) is 103 Å². The predicted molar refractivity (Wildman–Crippen MR) is 362 cm³/mol. The van der Waals surface area contributed by atoms with E-state index < -0.39 is 6.10 Å². The van der Waals surface area contributed by atoms with Crippen LogP contribution >= 0.6 is 0 Å². The summed E-state index contributed by atoms with van der Waals surface area (Å²) in [6, 6.07) is 0. The van der Waals surface area contributed by atoms with Gasteiger partial charge < -0.3 is 14.2 Å². The second-order valence-corrected chi connectivity index (χ2v) is 24.5. The summed E-state index contributed by atoms with van der Waals surface area (Å²) in [5.74, 6) is -0.884. The topological polar surface area (TPSA) is 78.9 Å². The van der Waals surface area contributed by atoms with Gasteiger partial charge >= 0.3 is 17.9 Å². The number of unbranched alkanes of at least 4 members (excludes halogenated alkanes) is 44. The molecule has 0 radical (unpaired) electrons. The Morgan fingerprint density at radius 2 is 0.470 bits per heavy atom. The molecule has 0 aliphatic rings. The molecular formula is C77H138O6. The van der Waals surface area contributed by atoms with Gasteiger partial charge in [-0.2, -0.15) is 0 Å². The van der Waals surface area contributed by atoms with Crippen LogP contribution in [-0.4, -0.2) is 37.2 Å². The van der Waals surface area contributed by atoms with Gasteiger partial charge in [0.15, 0.2) is 6.10 Å². The molecule has 83 heavy (non-hydrogen) atoms. The van der Waals surface area contributed by atoms with E-state index in [2.05, 4.69) is 93.7 Å². The van der Waals surface area contributed by atoms with Crippen molar-refractivity contribution in [2.24, 2.45) is 0 Å². The fourth-order valence-electron chi connectivity index (χ4n) is 10.8. The lowest BCUT2D eigenvalue weighted by Gasteiger charge is -2.18. The molecule has 6 nitrogen and oxygen atoms in total. The molecule has 0 N–H and O–H groups in total. The molecule has 0 spiro atoms. The molecule has 0 aromatic heterocycles. The summed E-state index contributed by atoms with van der Waals surface area (Å²) in [5.41, 5.74) is 0. The number of hydrogen-bond donors (Lipinski definition) is 0. The summed E-state index contributed by atoms with van der Waals surface area (Å²) < 4.78 is 17.0. The van der Waals surface area contributed by atoms with Crippen molar-refractivity contribution in [3.05, 3.63) is 72.9 Å². The van der Waals surface area contributed by atoms with Crippen LogP contribution in [0.15, 0.2) is 72.9 Å². The first-order valence-corrected chi connectivity index (χ1v) is 36.4. The van der Waals surface area contributed by atoms with Crippen LogP contribution in [0.4, 0.5) is 0 Å². The molecule has 0 aromatic carbocycles. The van der Waals surface area contributed by atoms with Crippen LogP contribution in [0.1, 0.15) is 380 Å². The average molecular weight is 1160 g/mol. The maximum atomic E-state index is 13.0. The number of hydrogen-bond acceptors (Lipinski definition) is 6. The SMILES string of the molecule is CC/C=C\C/C=C\C/C=C\C/C=C\CCCCCCC(=O)OCC(COC(=O)CCCCCCCCCCCCCCCCCCCCCCCCCCC)OC(=O)CCCCCCCCCCCCC/C=C\C/C=C\CCCCCCC. The first-order valence-electron chi connectivity index (χ1n) is 36.4. The number of rotatable bonds is 67. The van der Waals surface area contributed by atoms with Crippen LogP contribution in [0.5, 0.6) is 0 Å². The molecule has 1 atom stereocenters. The highest BCUT2D eigenvalue weighted by Gasteiger charge is 2.19. The van der Waals surface area contributed by atoms with E-state index in [-0.39, 0.29) is 31.1 Å².